The highest BCUT2D eigenvalue weighted by molar-refractivity contribution is 7.92. The van der Waals surface area contributed by atoms with Gasteiger partial charge in [-0.2, -0.15) is 0 Å². The van der Waals surface area contributed by atoms with Crippen molar-refractivity contribution < 1.29 is 17.9 Å². The van der Waals surface area contributed by atoms with Crippen LogP contribution in [0.5, 0.6) is 5.75 Å². The molecule has 0 aliphatic rings. The molecule has 0 saturated heterocycles. The van der Waals surface area contributed by atoms with E-state index in [0.29, 0.717) is 17.1 Å². The molecule has 0 aliphatic carbocycles. The van der Waals surface area contributed by atoms with Crippen LogP contribution in [-0.2, 0) is 14.8 Å². The molecule has 8 heteroatoms. The molecule has 0 saturated carbocycles. The monoisotopic (exact) mass is 349 g/mol. The van der Waals surface area contributed by atoms with Crippen LogP contribution < -0.4 is 14.4 Å². The number of rotatable bonds is 6. The Morgan fingerprint density at radius 1 is 1.25 bits per heavy atom. The third-order valence-electron chi connectivity index (χ3n) is 3.31. The third-order valence-corrected chi connectivity index (χ3v) is 4.51. The molecule has 0 bridgehead atoms. The van der Waals surface area contributed by atoms with E-state index in [1.54, 1.807) is 55.7 Å². The van der Waals surface area contributed by atoms with Crippen LogP contribution in [0.2, 0.25) is 0 Å². The van der Waals surface area contributed by atoms with Gasteiger partial charge >= 0.3 is 0 Å². The molecule has 24 heavy (non-hydrogen) atoms. The van der Waals surface area contributed by atoms with Crippen molar-refractivity contribution in [3.8, 4) is 5.75 Å². The summed E-state index contributed by atoms with van der Waals surface area (Å²) in [6.07, 6.45) is 3.57. The molecule has 0 fully saturated rings. The number of pyridine rings is 1. The zero-order valence-corrected chi connectivity index (χ0v) is 14.4. The molecule has 128 valence electrons. The van der Waals surface area contributed by atoms with E-state index in [9.17, 15) is 13.2 Å². The number of amides is 1. The second kappa shape index (κ2) is 7.31. The van der Waals surface area contributed by atoms with E-state index >= 15 is 0 Å². The summed E-state index contributed by atoms with van der Waals surface area (Å²) in [5.41, 5.74) is 1.10. The molecule has 2 rings (SSSR count). The van der Waals surface area contributed by atoms with E-state index in [-0.39, 0.29) is 5.91 Å². The lowest BCUT2D eigenvalue weighted by molar-refractivity contribution is -0.122. The fourth-order valence-electron chi connectivity index (χ4n) is 1.86. The Morgan fingerprint density at radius 3 is 2.46 bits per heavy atom. The van der Waals surface area contributed by atoms with Gasteiger partial charge in [0, 0.05) is 13.2 Å². The van der Waals surface area contributed by atoms with Crippen LogP contribution in [0, 0.1) is 0 Å². The quantitative estimate of drug-likeness (QED) is 0.860. The van der Waals surface area contributed by atoms with Gasteiger partial charge in [0.2, 0.25) is 10.0 Å². The zero-order valence-electron chi connectivity index (χ0n) is 13.6. The van der Waals surface area contributed by atoms with Gasteiger partial charge in [0.25, 0.3) is 5.91 Å². The van der Waals surface area contributed by atoms with Crippen LogP contribution in [0.4, 0.5) is 11.4 Å². The van der Waals surface area contributed by atoms with Crippen LogP contribution in [0.15, 0.2) is 48.8 Å². The summed E-state index contributed by atoms with van der Waals surface area (Å²) in [5, 5.41) is 2.70. The van der Waals surface area contributed by atoms with Gasteiger partial charge in [-0.1, -0.05) is 0 Å². The Labute approximate surface area is 141 Å². The summed E-state index contributed by atoms with van der Waals surface area (Å²) in [7, 11) is -1.85. The van der Waals surface area contributed by atoms with Crippen LogP contribution in [0.3, 0.4) is 0 Å². The van der Waals surface area contributed by atoms with Gasteiger partial charge in [0.15, 0.2) is 6.10 Å². The second-order valence-electron chi connectivity index (χ2n) is 5.22. The van der Waals surface area contributed by atoms with Crippen LogP contribution in [0.1, 0.15) is 6.92 Å². The maximum absolute atomic E-state index is 12.1. The largest absolute Gasteiger partial charge is 0.481 e. The van der Waals surface area contributed by atoms with Crippen molar-refractivity contribution in [2.75, 3.05) is 22.9 Å². The molecule has 7 nitrogen and oxygen atoms in total. The Bertz CT molecular complexity index is 792. The van der Waals surface area contributed by atoms with Gasteiger partial charge in [-0.15, -0.1) is 0 Å². The molecule has 1 aromatic carbocycles. The summed E-state index contributed by atoms with van der Waals surface area (Å²) < 4.78 is 29.7. The Balaban J connectivity index is 1.99. The molecule has 1 N–H and O–H groups in total. The lowest BCUT2D eigenvalue weighted by atomic mass is 10.3. The predicted molar refractivity (Wildman–Crippen MR) is 92.6 cm³/mol. The zero-order chi connectivity index (χ0) is 17.7. The Kier molecular flexibility index (Phi) is 5.40. The van der Waals surface area contributed by atoms with Crippen LogP contribution in [-0.4, -0.2) is 38.7 Å². The summed E-state index contributed by atoms with van der Waals surface area (Å²) in [4.78, 5) is 16.0. The van der Waals surface area contributed by atoms with Gasteiger partial charge in [-0.25, -0.2) is 8.42 Å². The molecule has 1 atom stereocenters. The normalized spacial score (nSPS) is 12.3. The number of hydrogen-bond acceptors (Lipinski definition) is 5. The molecular formula is C16H19N3O4S. The van der Waals surface area contributed by atoms with Crippen LogP contribution in [0.25, 0.3) is 0 Å². The van der Waals surface area contributed by atoms with Crippen molar-refractivity contribution in [2.45, 2.75) is 13.0 Å². The number of ether oxygens (including phenoxy) is 1. The summed E-state index contributed by atoms with van der Waals surface area (Å²) in [6, 6.07) is 9.91. The van der Waals surface area contributed by atoms with E-state index in [4.69, 9.17) is 4.74 Å². The first-order chi connectivity index (χ1) is 11.3. The highest BCUT2D eigenvalue weighted by Gasteiger charge is 2.16. The third kappa shape index (κ3) is 4.69. The number of nitrogens with one attached hydrogen (secondary N) is 1. The van der Waals surface area contributed by atoms with Gasteiger partial charge in [-0.3, -0.25) is 14.1 Å². The molecule has 1 heterocycles. The summed E-state index contributed by atoms with van der Waals surface area (Å²) in [5.74, 6) is 0.162. The van der Waals surface area contributed by atoms with E-state index in [1.807, 2.05) is 0 Å². The molecule has 1 aromatic heterocycles. The lowest BCUT2D eigenvalue weighted by Gasteiger charge is -2.18. The van der Waals surface area contributed by atoms with Gasteiger partial charge in [0.1, 0.15) is 5.75 Å². The minimum atomic E-state index is -3.32. The van der Waals surface area contributed by atoms with E-state index in [2.05, 4.69) is 10.3 Å². The summed E-state index contributed by atoms with van der Waals surface area (Å²) >= 11 is 0. The minimum absolute atomic E-state index is 0.305. The highest BCUT2D eigenvalue weighted by atomic mass is 32.2. The van der Waals surface area contributed by atoms with Crippen molar-refractivity contribution >= 4 is 27.3 Å². The Hall–Kier alpha value is -2.61. The standard InChI is InChI=1S/C16H19N3O4S/c1-12(16(20)18-13-5-4-10-17-11-13)23-15-8-6-14(7-9-15)19(2)24(3,21)22/h4-12H,1-3H3,(H,18,20)/t12-/m1/s1. The van der Waals surface area contributed by atoms with Gasteiger partial charge in [0.05, 0.1) is 23.8 Å². The van der Waals surface area contributed by atoms with E-state index in [0.717, 1.165) is 10.6 Å². The molecule has 1 amide bonds. The molecule has 2 aromatic rings. The molecule has 0 radical (unpaired) electrons. The smallest absolute Gasteiger partial charge is 0.265 e. The van der Waals surface area contributed by atoms with E-state index < -0.39 is 16.1 Å². The molecule has 0 unspecified atom stereocenters. The first-order valence-electron chi connectivity index (χ1n) is 7.19. The number of sulfonamides is 1. The number of carbonyl (C=O) groups excluding carboxylic acids is 1. The highest BCUT2D eigenvalue weighted by Crippen LogP contribution is 2.21. The Morgan fingerprint density at radius 2 is 1.92 bits per heavy atom. The summed E-state index contributed by atoms with van der Waals surface area (Å²) in [6.45, 7) is 1.63. The van der Waals surface area contributed by atoms with Gasteiger partial charge < -0.3 is 10.1 Å². The van der Waals surface area contributed by atoms with Crippen molar-refractivity contribution in [2.24, 2.45) is 0 Å². The number of aromatic nitrogens is 1. The first-order valence-corrected chi connectivity index (χ1v) is 9.04. The lowest BCUT2D eigenvalue weighted by Crippen LogP contribution is -2.30. The van der Waals surface area contributed by atoms with Crippen molar-refractivity contribution in [1.29, 1.82) is 0 Å². The fraction of sp³-hybridized carbons (Fsp3) is 0.250. The predicted octanol–water partition coefficient (Wildman–Crippen LogP) is 1.88. The van der Waals surface area contributed by atoms with Crippen molar-refractivity contribution in [1.82, 2.24) is 4.98 Å². The SMILES string of the molecule is C[C@@H](Oc1ccc(N(C)S(C)(=O)=O)cc1)C(=O)Nc1cccnc1. The number of carbonyl (C=O) groups is 1. The first kappa shape index (κ1) is 17.7. The van der Waals surface area contributed by atoms with Crippen LogP contribution >= 0.6 is 0 Å². The fourth-order valence-corrected chi connectivity index (χ4v) is 2.37. The minimum Gasteiger partial charge on any atom is -0.481 e. The number of hydrogen-bond donors (Lipinski definition) is 1. The molecule has 0 aliphatic heterocycles. The van der Waals surface area contributed by atoms with E-state index in [1.165, 1.54) is 7.05 Å². The molecule has 0 spiro atoms. The number of benzene rings is 1. The van der Waals surface area contributed by atoms with Gasteiger partial charge in [-0.05, 0) is 43.3 Å². The maximum Gasteiger partial charge on any atom is 0.265 e. The average molecular weight is 349 g/mol. The average Bonchev–Trinajstić information content (AvgIpc) is 2.55. The second-order valence-corrected chi connectivity index (χ2v) is 7.23. The number of nitrogens with zero attached hydrogens (tertiary/aromatic N) is 2. The topological polar surface area (TPSA) is 88.6 Å². The maximum atomic E-state index is 12.1. The number of anilines is 2. The van der Waals surface area contributed by atoms with Crippen molar-refractivity contribution in [3.63, 3.8) is 0 Å². The van der Waals surface area contributed by atoms with Crippen molar-refractivity contribution in [3.05, 3.63) is 48.8 Å². The molecular weight excluding hydrogens is 330 g/mol.